The van der Waals surface area contributed by atoms with Gasteiger partial charge in [-0.2, -0.15) is 0 Å². The van der Waals surface area contributed by atoms with Crippen LogP contribution in [0.2, 0.25) is 0 Å². The number of carbonyl (C=O) groups is 1. The van der Waals surface area contributed by atoms with Crippen molar-refractivity contribution in [3.05, 3.63) is 61.1 Å². The number of aromatic nitrogens is 2. The number of hydrogen-bond donors (Lipinski definition) is 1. The maximum atomic E-state index is 12.7. The zero-order chi connectivity index (χ0) is 28.9. The van der Waals surface area contributed by atoms with E-state index >= 15 is 0 Å². The van der Waals surface area contributed by atoms with Gasteiger partial charge in [0, 0.05) is 44.0 Å². The Hall–Kier alpha value is -3.65. The van der Waals surface area contributed by atoms with Gasteiger partial charge in [-0.1, -0.05) is 12.1 Å². The van der Waals surface area contributed by atoms with Gasteiger partial charge in [0.15, 0.2) is 0 Å². The fourth-order valence-electron chi connectivity index (χ4n) is 4.43. The van der Waals surface area contributed by atoms with Gasteiger partial charge in [-0.15, -0.1) is 13.2 Å². The maximum Gasteiger partial charge on any atom is 0.573 e. The number of amides is 1. The van der Waals surface area contributed by atoms with Crippen LogP contribution >= 0.6 is 0 Å². The van der Waals surface area contributed by atoms with E-state index in [9.17, 15) is 18.0 Å². The molecule has 40 heavy (non-hydrogen) atoms. The first-order valence-corrected chi connectivity index (χ1v) is 12.4. The predicted octanol–water partition coefficient (Wildman–Crippen LogP) is 5.17. The lowest BCUT2D eigenvalue weighted by molar-refractivity contribution is -0.292. The molecule has 1 aliphatic rings. The average Bonchev–Trinajstić information content (AvgIpc) is 3.39. The van der Waals surface area contributed by atoms with Gasteiger partial charge in [-0.3, -0.25) is 5.32 Å². The van der Waals surface area contributed by atoms with Crippen LogP contribution in [0.1, 0.15) is 13.8 Å². The summed E-state index contributed by atoms with van der Waals surface area (Å²) in [6, 6.07) is 12.3. The van der Waals surface area contributed by atoms with E-state index in [2.05, 4.69) is 15.0 Å². The van der Waals surface area contributed by atoms with E-state index in [0.29, 0.717) is 23.7 Å². The normalized spacial score (nSPS) is 23.0. The van der Waals surface area contributed by atoms with Crippen LogP contribution in [-0.4, -0.2) is 73.5 Å². The molecule has 1 saturated heterocycles. The SMILES string of the molecule is CCO[C@@H]1[C@@H](OC)[C@H](C)O[C@@H](OC(=O)Nc2ccc(-c3cn(-c4ccc(OC(F)(F)F)cc4)cn3)cc2)[C@@H]1OC. The van der Waals surface area contributed by atoms with Gasteiger partial charge in [-0.05, 0) is 50.2 Å². The summed E-state index contributed by atoms with van der Waals surface area (Å²) < 4.78 is 70.9. The molecule has 0 spiro atoms. The van der Waals surface area contributed by atoms with Crippen molar-refractivity contribution in [2.24, 2.45) is 0 Å². The van der Waals surface area contributed by atoms with Crippen LogP contribution in [0, 0.1) is 0 Å². The Morgan fingerprint density at radius 1 is 1.02 bits per heavy atom. The summed E-state index contributed by atoms with van der Waals surface area (Å²) in [5.41, 5.74) is 2.45. The van der Waals surface area contributed by atoms with E-state index in [1.165, 1.54) is 31.4 Å². The molecule has 2 aromatic carbocycles. The van der Waals surface area contributed by atoms with E-state index < -0.39 is 43.2 Å². The van der Waals surface area contributed by atoms with Gasteiger partial charge in [0.25, 0.3) is 0 Å². The zero-order valence-corrected chi connectivity index (χ0v) is 22.3. The quantitative estimate of drug-likeness (QED) is 0.380. The molecule has 1 amide bonds. The van der Waals surface area contributed by atoms with Gasteiger partial charge in [0.1, 0.15) is 24.1 Å². The monoisotopic (exact) mass is 565 g/mol. The number of hydrogen-bond acceptors (Lipinski definition) is 8. The molecule has 1 aromatic heterocycles. The van der Waals surface area contributed by atoms with Crippen molar-refractivity contribution in [2.45, 2.75) is 50.9 Å². The van der Waals surface area contributed by atoms with Crippen molar-refractivity contribution in [3.8, 4) is 22.7 Å². The second kappa shape index (κ2) is 12.7. The van der Waals surface area contributed by atoms with Crippen molar-refractivity contribution >= 4 is 11.8 Å². The topological polar surface area (TPSA) is 102 Å². The molecule has 0 saturated carbocycles. The molecule has 0 aliphatic carbocycles. The lowest BCUT2D eigenvalue weighted by Crippen LogP contribution is -2.60. The van der Waals surface area contributed by atoms with Crippen LogP contribution in [0.3, 0.4) is 0 Å². The standard InChI is InChI=1S/C27H30F3N3O7/c1-5-37-23-22(35-3)16(2)38-25(24(23)36-4)39-26(34)32-18-8-6-17(7-9-18)21-14-33(15-31-21)19-10-12-20(13-11-19)40-27(28,29)30/h6-16,22-25H,5H2,1-4H3,(H,32,34)/t16-,22-,23+,24+,25-/m0/s1. The van der Waals surface area contributed by atoms with Gasteiger partial charge >= 0.3 is 12.5 Å². The summed E-state index contributed by atoms with van der Waals surface area (Å²) in [6.45, 7) is 4.08. The van der Waals surface area contributed by atoms with Crippen LogP contribution in [-0.2, 0) is 23.7 Å². The highest BCUT2D eigenvalue weighted by molar-refractivity contribution is 5.85. The van der Waals surface area contributed by atoms with Crippen LogP contribution < -0.4 is 10.1 Å². The van der Waals surface area contributed by atoms with Crippen LogP contribution in [0.15, 0.2) is 61.1 Å². The number of rotatable bonds is 9. The molecule has 3 aromatic rings. The number of halogens is 3. The molecule has 0 bridgehead atoms. The molecule has 4 rings (SSSR count). The molecule has 2 heterocycles. The Bertz CT molecular complexity index is 1250. The van der Waals surface area contributed by atoms with Crippen LogP contribution in [0.25, 0.3) is 16.9 Å². The van der Waals surface area contributed by atoms with Gasteiger partial charge in [0.2, 0.25) is 6.29 Å². The number of benzene rings is 2. The molecule has 10 nitrogen and oxygen atoms in total. The first-order chi connectivity index (χ1) is 19.1. The molecule has 1 fully saturated rings. The van der Waals surface area contributed by atoms with Crippen LogP contribution in [0.4, 0.5) is 23.7 Å². The summed E-state index contributed by atoms with van der Waals surface area (Å²) in [4.78, 5) is 17.0. The van der Waals surface area contributed by atoms with Gasteiger partial charge < -0.3 is 33.0 Å². The van der Waals surface area contributed by atoms with Crippen molar-refractivity contribution in [2.75, 3.05) is 26.1 Å². The average molecular weight is 566 g/mol. The number of ether oxygens (including phenoxy) is 6. The highest BCUT2D eigenvalue weighted by Gasteiger charge is 2.47. The van der Waals surface area contributed by atoms with Crippen molar-refractivity contribution in [1.82, 2.24) is 9.55 Å². The molecule has 13 heteroatoms. The number of methoxy groups -OCH3 is 2. The van der Waals surface area contributed by atoms with Gasteiger partial charge in [-0.25, -0.2) is 9.78 Å². The third-order valence-electron chi connectivity index (χ3n) is 6.23. The van der Waals surface area contributed by atoms with Crippen LogP contribution in [0.5, 0.6) is 5.75 Å². The number of anilines is 1. The fraction of sp³-hybridized carbons (Fsp3) is 0.407. The number of nitrogens with zero attached hydrogens (tertiary/aromatic N) is 2. The molecule has 0 radical (unpaired) electrons. The molecule has 1 N–H and O–H groups in total. The number of carbonyl (C=O) groups excluding carboxylic acids is 1. The smallest absolute Gasteiger partial charge is 0.416 e. The summed E-state index contributed by atoms with van der Waals surface area (Å²) in [7, 11) is 3.04. The second-order valence-corrected chi connectivity index (χ2v) is 8.85. The highest BCUT2D eigenvalue weighted by atomic mass is 19.4. The first kappa shape index (κ1) is 29.3. The summed E-state index contributed by atoms with van der Waals surface area (Å²) >= 11 is 0. The largest absolute Gasteiger partial charge is 0.573 e. The Labute approximate surface area is 228 Å². The second-order valence-electron chi connectivity index (χ2n) is 8.85. The van der Waals surface area contributed by atoms with Crippen molar-refractivity contribution in [3.63, 3.8) is 0 Å². The number of imidazole rings is 1. The zero-order valence-electron chi connectivity index (χ0n) is 22.3. The molecule has 216 valence electrons. The molecule has 0 unspecified atom stereocenters. The number of alkyl halides is 3. The predicted molar refractivity (Wildman–Crippen MR) is 137 cm³/mol. The van der Waals surface area contributed by atoms with E-state index in [1.807, 2.05) is 6.92 Å². The minimum absolute atomic E-state index is 0.311. The Morgan fingerprint density at radius 2 is 1.70 bits per heavy atom. The summed E-state index contributed by atoms with van der Waals surface area (Å²) in [6.07, 6.45) is -5.23. The van der Waals surface area contributed by atoms with E-state index in [-0.39, 0.29) is 5.75 Å². The summed E-state index contributed by atoms with van der Waals surface area (Å²) in [5, 5.41) is 2.67. The van der Waals surface area contributed by atoms with E-state index in [1.54, 1.807) is 55.4 Å². The maximum absolute atomic E-state index is 12.7. The summed E-state index contributed by atoms with van der Waals surface area (Å²) in [5.74, 6) is -0.311. The molecular formula is C27H30F3N3O7. The lowest BCUT2D eigenvalue weighted by Gasteiger charge is -2.43. The number of nitrogens with one attached hydrogen (secondary N) is 1. The minimum atomic E-state index is -4.75. The fourth-order valence-corrected chi connectivity index (χ4v) is 4.43. The first-order valence-electron chi connectivity index (χ1n) is 12.4. The van der Waals surface area contributed by atoms with Crippen molar-refractivity contribution in [1.29, 1.82) is 0 Å². The molecule has 1 aliphatic heterocycles. The third-order valence-corrected chi connectivity index (χ3v) is 6.23. The minimum Gasteiger partial charge on any atom is -0.416 e. The van der Waals surface area contributed by atoms with E-state index in [0.717, 1.165) is 5.56 Å². The Morgan fingerprint density at radius 3 is 2.30 bits per heavy atom. The highest BCUT2D eigenvalue weighted by Crippen LogP contribution is 2.29. The third kappa shape index (κ3) is 7.10. The molecule has 5 atom stereocenters. The Balaban J connectivity index is 1.37. The molecular weight excluding hydrogens is 535 g/mol. The van der Waals surface area contributed by atoms with Gasteiger partial charge in [0.05, 0.1) is 18.1 Å². The van der Waals surface area contributed by atoms with Crippen molar-refractivity contribution < 1.29 is 46.4 Å². The van der Waals surface area contributed by atoms with E-state index in [4.69, 9.17) is 23.7 Å². The lowest BCUT2D eigenvalue weighted by atomic mass is 9.99. The Kier molecular flexibility index (Phi) is 9.30.